The highest BCUT2D eigenvalue weighted by atomic mass is 19.3. The Morgan fingerprint density at radius 3 is 2.74 bits per heavy atom. The molecule has 1 aromatic carbocycles. The van der Waals surface area contributed by atoms with Crippen molar-refractivity contribution in [1.29, 1.82) is 0 Å². The van der Waals surface area contributed by atoms with Gasteiger partial charge in [0.15, 0.2) is 0 Å². The molecule has 2 fully saturated rings. The molecule has 2 saturated heterocycles. The molecule has 126 valence electrons. The van der Waals surface area contributed by atoms with E-state index in [4.69, 9.17) is 4.74 Å². The zero-order valence-corrected chi connectivity index (χ0v) is 13.4. The first-order valence-electron chi connectivity index (χ1n) is 8.09. The Balaban J connectivity index is 1.53. The van der Waals surface area contributed by atoms with Gasteiger partial charge in [-0.15, -0.1) is 0 Å². The van der Waals surface area contributed by atoms with Crippen LogP contribution in [0.4, 0.5) is 14.5 Å². The molecule has 4 nitrogen and oxygen atoms in total. The molecule has 23 heavy (non-hydrogen) atoms. The number of amides is 1. The van der Waals surface area contributed by atoms with Crippen molar-refractivity contribution < 1.29 is 18.3 Å². The summed E-state index contributed by atoms with van der Waals surface area (Å²) in [6, 6.07) is 5.69. The van der Waals surface area contributed by atoms with E-state index in [9.17, 15) is 13.6 Å². The maximum Gasteiger partial charge on any atom is 0.261 e. The number of hydrogen-bond donors (Lipinski definition) is 0. The standard InChI is InChI=1S/C17H22F2N2O2/c1-13-11-14(21-7-2-3-16(21)22)4-5-15(13)23-10-9-20-8-6-17(18,19)12-20/h4-5,11H,2-3,6-10,12H2,1H3. The summed E-state index contributed by atoms with van der Waals surface area (Å²) in [4.78, 5) is 15.3. The first kappa shape index (κ1) is 16.2. The highest BCUT2D eigenvalue weighted by Gasteiger charge is 2.37. The monoisotopic (exact) mass is 324 g/mol. The highest BCUT2D eigenvalue weighted by Crippen LogP contribution is 2.28. The van der Waals surface area contributed by atoms with E-state index in [-0.39, 0.29) is 18.9 Å². The molecule has 1 aromatic rings. The second-order valence-electron chi connectivity index (χ2n) is 6.33. The van der Waals surface area contributed by atoms with Crippen molar-refractivity contribution in [2.45, 2.75) is 32.1 Å². The van der Waals surface area contributed by atoms with E-state index >= 15 is 0 Å². The maximum absolute atomic E-state index is 13.1. The van der Waals surface area contributed by atoms with Crippen LogP contribution in [0.1, 0.15) is 24.8 Å². The summed E-state index contributed by atoms with van der Waals surface area (Å²) in [7, 11) is 0. The minimum atomic E-state index is -2.56. The van der Waals surface area contributed by atoms with Crippen LogP contribution in [0.5, 0.6) is 5.75 Å². The molecule has 0 saturated carbocycles. The lowest BCUT2D eigenvalue weighted by Crippen LogP contribution is -2.29. The Kier molecular flexibility index (Phi) is 4.53. The summed E-state index contributed by atoms with van der Waals surface area (Å²) in [5, 5.41) is 0. The van der Waals surface area contributed by atoms with Crippen molar-refractivity contribution >= 4 is 11.6 Å². The van der Waals surface area contributed by atoms with Crippen LogP contribution < -0.4 is 9.64 Å². The molecular formula is C17H22F2N2O2. The quantitative estimate of drug-likeness (QED) is 0.835. The van der Waals surface area contributed by atoms with Gasteiger partial charge in [-0.05, 0) is 37.1 Å². The Labute approximate surface area is 135 Å². The van der Waals surface area contributed by atoms with Crippen molar-refractivity contribution in [2.75, 3.05) is 37.7 Å². The van der Waals surface area contributed by atoms with Crippen LogP contribution in [-0.2, 0) is 4.79 Å². The third-order valence-corrected chi connectivity index (χ3v) is 4.46. The highest BCUT2D eigenvalue weighted by molar-refractivity contribution is 5.95. The van der Waals surface area contributed by atoms with Crippen LogP contribution >= 0.6 is 0 Å². The molecule has 0 aromatic heterocycles. The number of rotatable bonds is 5. The summed E-state index contributed by atoms with van der Waals surface area (Å²) >= 11 is 0. The van der Waals surface area contributed by atoms with E-state index in [2.05, 4.69) is 0 Å². The summed E-state index contributed by atoms with van der Waals surface area (Å²) in [5.74, 6) is -1.65. The molecule has 0 N–H and O–H groups in total. The number of carbonyl (C=O) groups excluding carboxylic acids is 1. The van der Waals surface area contributed by atoms with Crippen molar-refractivity contribution in [2.24, 2.45) is 0 Å². The predicted octanol–water partition coefficient (Wildman–Crippen LogP) is 2.84. The van der Waals surface area contributed by atoms with Gasteiger partial charge in [-0.25, -0.2) is 8.78 Å². The summed E-state index contributed by atoms with van der Waals surface area (Å²) in [6.45, 7) is 3.84. The molecule has 0 radical (unpaired) electrons. The van der Waals surface area contributed by atoms with E-state index in [1.54, 1.807) is 9.80 Å². The van der Waals surface area contributed by atoms with Crippen molar-refractivity contribution in [1.82, 2.24) is 4.90 Å². The molecule has 0 unspecified atom stereocenters. The van der Waals surface area contributed by atoms with Gasteiger partial charge in [0.05, 0.1) is 6.54 Å². The first-order valence-corrected chi connectivity index (χ1v) is 8.09. The van der Waals surface area contributed by atoms with E-state index in [0.717, 1.165) is 30.0 Å². The van der Waals surface area contributed by atoms with E-state index in [1.807, 2.05) is 25.1 Å². The predicted molar refractivity (Wildman–Crippen MR) is 84.3 cm³/mol. The Morgan fingerprint density at radius 2 is 2.13 bits per heavy atom. The number of carbonyl (C=O) groups is 1. The average molecular weight is 324 g/mol. The topological polar surface area (TPSA) is 32.8 Å². The second-order valence-corrected chi connectivity index (χ2v) is 6.33. The summed E-state index contributed by atoms with van der Waals surface area (Å²) in [6.07, 6.45) is 1.44. The second kappa shape index (κ2) is 6.43. The van der Waals surface area contributed by atoms with Crippen LogP contribution in [0, 0.1) is 6.92 Å². The Bertz CT molecular complexity index is 592. The molecule has 1 amide bonds. The SMILES string of the molecule is Cc1cc(N2CCCC2=O)ccc1OCCN1CCC(F)(F)C1. The van der Waals surface area contributed by atoms with Gasteiger partial charge < -0.3 is 9.64 Å². The van der Waals surface area contributed by atoms with Crippen LogP contribution in [0.15, 0.2) is 18.2 Å². The normalized spacial score (nSPS) is 21.2. The van der Waals surface area contributed by atoms with E-state index in [0.29, 0.717) is 26.1 Å². The third-order valence-electron chi connectivity index (χ3n) is 4.46. The number of halogens is 2. The number of likely N-dealkylation sites (tertiary alicyclic amines) is 1. The van der Waals surface area contributed by atoms with Gasteiger partial charge >= 0.3 is 0 Å². The van der Waals surface area contributed by atoms with Gasteiger partial charge in [0.25, 0.3) is 5.92 Å². The van der Waals surface area contributed by atoms with Gasteiger partial charge in [0.2, 0.25) is 5.91 Å². The number of anilines is 1. The number of ether oxygens (including phenoxy) is 1. The smallest absolute Gasteiger partial charge is 0.261 e. The molecular weight excluding hydrogens is 302 g/mol. The molecule has 0 spiro atoms. The van der Waals surface area contributed by atoms with Gasteiger partial charge in [0.1, 0.15) is 12.4 Å². The largest absolute Gasteiger partial charge is 0.492 e. The molecule has 0 bridgehead atoms. The van der Waals surface area contributed by atoms with Crippen LogP contribution in [-0.4, -0.2) is 49.5 Å². The molecule has 2 aliphatic rings. The Morgan fingerprint density at radius 1 is 1.30 bits per heavy atom. The summed E-state index contributed by atoms with van der Waals surface area (Å²) in [5.41, 5.74) is 1.85. The lowest BCUT2D eigenvalue weighted by atomic mass is 10.2. The third kappa shape index (κ3) is 3.80. The first-order chi connectivity index (χ1) is 10.9. The molecule has 0 atom stereocenters. The number of alkyl halides is 2. The molecule has 3 rings (SSSR count). The molecule has 6 heteroatoms. The fourth-order valence-electron chi connectivity index (χ4n) is 3.17. The zero-order chi connectivity index (χ0) is 16.4. The van der Waals surface area contributed by atoms with E-state index < -0.39 is 5.92 Å². The van der Waals surface area contributed by atoms with Crippen LogP contribution in [0.25, 0.3) is 0 Å². The molecule has 0 aliphatic carbocycles. The summed E-state index contributed by atoms with van der Waals surface area (Å²) < 4.78 is 32.0. The fourth-order valence-corrected chi connectivity index (χ4v) is 3.17. The lowest BCUT2D eigenvalue weighted by Gasteiger charge is -2.19. The zero-order valence-electron chi connectivity index (χ0n) is 13.4. The maximum atomic E-state index is 13.1. The van der Waals surface area contributed by atoms with Crippen LogP contribution in [0.3, 0.4) is 0 Å². The molecule has 2 heterocycles. The van der Waals surface area contributed by atoms with Gasteiger partial charge in [-0.3, -0.25) is 9.69 Å². The minimum Gasteiger partial charge on any atom is -0.492 e. The van der Waals surface area contributed by atoms with Gasteiger partial charge in [-0.1, -0.05) is 0 Å². The Hall–Kier alpha value is -1.69. The number of benzene rings is 1. The number of aryl methyl sites for hydroxylation is 1. The minimum absolute atomic E-state index is 0.0649. The number of hydrogen-bond acceptors (Lipinski definition) is 3. The van der Waals surface area contributed by atoms with Crippen molar-refractivity contribution in [3.8, 4) is 5.75 Å². The number of nitrogens with zero attached hydrogens (tertiary/aromatic N) is 2. The molecule has 2 aliphatic heterocycles. The van der Waals surface area contributed by atoms with Gasteiger partial charge in [-0.2, -0.15) is 0 Å². The fraction of sp³-hybridized carbons (Fsp3) is 0.588. The lowest BCUT2D eigenvalue weighted by molar-refractivity contribution is -0.117. The average Bonchev–Trinajstić information content (AvgIpc) is 3.06. The van der Waals surface area contributed by atoms with Crippen molar-refractivity contribution in [3.63, 3.8) is 0 Å². The van der Waals surface area contributed by atoms with Crippen LogP contribution in [0.2, 0.25) is 0 Å². The van der Waals surface area contributed by atoms with E-state index in [1.165, 1.54) is 0 Å². The van der Waals surface area contributed by atoms with Gasteiger partial charge in [0, 0.05) is 38.2 Å². The van der Waals surface area contributed by atoms with Crippen molar-refractivity contribution in [3.05, 3.63) is 23.8 Å².